The maximum Gasteiger partial charge on any atom is 0.248 e. The number of rotatable bonds is 8. The van der Waals surface area contributed by atoms with Gasteiger partial charge in [-0.1, -0.05) is 10.3 Å². The summed E-state index contributed by atoms with van der Waals surface area (Å²) in [5, 5.41) is 7.60. The zero-order valence-corrected chi connectivity index (χ0v) is 18.0. The summed E-state index contributed by atoms with van der Waals surface area (Å²) in [5.41, 5.74) is 0.287. The van der Waals surface area contributed by atoms with E-state index in [1.807, 2.05) is 0 Å². The molecule has 13 heteroatoms. The number of aromatic nitrogens is 3. The first-order valence-electron chi connectivity index (χ1n) is 9.29. The largest absolute Gasteiger partial charge is 0.360 e. The van der Waals surface area contributed by atoms with Crippen LogP contribution in [0.2, 0.25) is 0 Å². The molecule has 29 heavy (non-hydrogen) atoms. The molecule has 0 aromatic carbocycles. The van der Waals surface area contributed by atoms with E-state index in [-0.39, 0.29) is 36.0 Å². The Morgan fingerprint density at radius 2 is 1.79 bits per heavy atom. The van der Waals surface area contributed by atoms with Gasteiger partial charge in [-0.05, 0) is 26.7 Å². The van der Waals surface area contributed by atoms with Crippen molar-refractivity contribution in [2.45, 2.75) is 50.0 Å². The van der Waals surface area contributed by atoms with Crippen LogP contribution in [0.15, 0.2) is 13.9 Å². The van der Waals surface area contributed by atoms with Gasteiger partial charge in [-0.3, -0.25) is 0 Å². The lowest BCUT2D eigenvalue weighted by atomic mass is 10.2. The second kappa shape index (κ2) is 7.15. The summed E-state index contributed by atoms with van der Waals surface area (Å²) in [7, 11) is -7.32. The molecule has 0 radical (unpaired) electrons. The highest BCUT2D eigenvalue weighted by Gasteiger charge is 2.44. The molecule has 1 aliphatic carbocycles. The van der Waals surface area contributed by atoms with Crippen LogP contribution in [0.3, 0.4) is 0 Å². The minimum atomic E-state index is -3.78. The number of nitrogens with zero attached hydrogens (tertiary/aromatic N) is 5. The molecule has 3 heterocycles. The summed E-state index contributed by atoms with van der Waals surface area (Å²) in [6.45, 7) is 3.39. The third-order valence-corrected chi connectivity index (χ3v) is 8.60. The van der Waals surface area contributed by atoms with Crippen molar-refractivity contribution in [1.29, 1.82) is 0 Å². The van der Waals surface area contributed by atoms with E-state index in [0.29, 0.717) is 24.1 Å². The molecule has 2 fully saturated rings. The van der Waals surface area contributed by atoms with Crippen molar-refractivity contribution in [3.63, 3.8) is 0 Å². The van der Waals surface area contributed by atoms with Gasteiger partial charge in [0.2, 0.25) is 25.9 Å². The molecule has 2 aromatic rings. The third kappa shape index (κ3) is 3.96. The molecular formula is C16H23N5O6S2. The highest BCUT2D eigenvalue weighted by atomic mass is 32.2. The Kier molecular flexibility index (Phi) is 5.04. The van der Waals surface area contributed by atoms with Crippen molar-refractivity contribution < 1.29 is 25.9 Å². The maximum absolute atomic E-state index is 12.8. The average Bonchev–Trinajstić information content (AvgIpc) is 3.22. The quantitative estimate of drug-likeness (QED) is 0.565. The summed E-state index contributed by atoms with van der Waals surface area (Å²) in [6.07, 6.45) is 3.49. The maximum atomic E-state index is 12.8. The van der Waals surface area contributed by atoms with E-state index in [1.54, 1.807) is 6.92 Å². The van der Waals surface area contributed by atoms with Crippen molar-refractivity contribution in [3.8, 4) is 0 Å². The molecule has 1 saturated carbocycles. The Morgan fingerprint density at radius 3 is 2.34 bits per heavy atom. The molecule has 0 spiro atoms. The van der Waals surface area contributed by atoms with Gasteiger partial charge in [-0.25, -0.2) is 16.8 Å². The Morgan fingerprint density at radius 1 is 1.10 bits per heavy atom. The molecule has 11 nitrogen and oxygen atoms in total. The fourth-order valence-corrected chi connectivity index (χ4v) is 6.37. The third-order valence-electron chi connectivity index (χ3n) is 5.19. The minimum Gasteiger partial charge on any atom is -0.360 e. The van der Waals surface area contributed by atoms with Gasteiger partial charge in [0.15, 0.2) is 11.6 Å². The topological polar surface area (TPSA) is 140 Å². The van der Waals surface area contributed by atoms with Crippen LogP contribution < -0.4 is 0 Å². The van der Waals surface area contributed by atoms with E-state index in [9.17, 15) is 16.8 Å². The molecule has 160 valence electrons. The summed E-state index contributed by atoms with van der Waals surface area (Å²) in [6, 6.07) is -0.449. The van der Waals surface area contributed by atoms with Crippen LogP contribution in [-0.2, 0) is 26.5 Å². The molecular weight excluding hydrogens is 422 g/mol. The lowest BCUT2D eigenvalue weighted by Crippen LogP contribution is -2.62. The molecule has 0 unspecified atom stereocenters. The number of sulfonamides is 2. The Labute approximate surface area is 169 Å². The molecule has 0 atom stereocenters. The molecule has 0 bridgehead atoms. The predicted molar refractivity (Wildman–Crippen MR) is 100 cm³/mol. The van der Waals surface area contributed by atoms with Gasteiger partial charge >= 0.3 is 0 Å². The van der Waals surface area contributed by atoms with Crippen LogP contribution in [0.5, 0.6) is 0 Å². The average molecular weight is 446 g/mol. The van der Waals surface area contributed by atoms with Gasteiger partial charge in [0, 0.05) is 32.0 Å². The second-order valence-electron chi connectivity index (χ2n) is 7.58. The van der Waals surface area contributed by atoms with Crippen LogP contribution >= 0.6 is 0 Å². The molecule has 2 aliphatic rings. The van der Waals surface area contributed by atoms with Gasteiger partial charge in [-0.15, -0.1) is 0 Å². The summed E-state index contributed by atoms with van der Waals surface area (Å²) in [4.78, 5) is 4.36. The van der Waals surface area contributed by atoms with Crippen molar-refractivity contribution in [1.82, 2.24) is 23.9 Å². The number of hydrogen-bond acceptors (Lipinski definition) is 9. The minimum absolute atomic E-state index is 0.0428. The van der Waals surface area contributed by atoms with Gasteiger partial charge in [0.25, 0.3) is 0 Å². The zero-order valence-electron chi connectivity index (χ0n) is 16.4. The smallest absolute Gasteiger partial charge is 0.248 e. The Hall–Kier alpha value is -1.83. The van der Waals surface area contributed by atoms with E-state index in [0.717, 1.165) is 19.1 Å². The van der Waals surface area contributed by atoms with Gasteiger partial charge in [-0.2, -0.15) is 13.6 Å². The standard InChI is InChI=1S/C16H23N5O6S2/c1-10-15(11(2)26-18-10)29(24,25)20-8-13(9-20)21(28(3,22)23)7-6-14-17-16(27-19-14)12-4-5-12/h12-13H,4-9H2,1-3H3. The lowest BCUT2D eigenvalue weighted by molar-refractivity contribution is 0.155. The van der Waals surface area contributed by atoms with E-state index in [1.165, 1.54) is 15.5 Å². The van der Waals surface area contributed by atoms with E-state index in [4.69, 9.17) is 9.05 Å². The highest BCUT2D eigenvalue weighted by molar-refractivity contribution is 7.89. The Balaban J connectivity index is 1.43. The molecule has 0 N–H and O–H groups in total. The molecule has 0 amide bonds. The highest BCUT2D eigenvalue weighted by Crippen LogP contribution is 2.38. The monoisotopic (exact) mass is 445 g/mol. The predicted octanol–water partition coefficient (Wildman–Crippen LogP) is 0.429. The summed E-state index contributed by atoms with van der Waals surface area (Å²) >= 11 is 0. The van der Waals surface area contributed by atoms with Gasteiger partial charge in [0.05, 0.1) is 12.3 Å². The Bertz CT molecular complexity index is 1090. The normalized spacial score (nSPS) is 19.0. The van der Waals surface area contributed by atoms with Gasteiger partial charge < -0.3 is 9.05 Å². The van der Waals surface area contributed by atoms with E-state index in [2.05, 4.69) is 15.3 Å². The fourth-order valence-electron chi connectivity index (χ4n) is 3.46. The molecule has 2 aromatic heterocycles. The SMILES string of the molecule is Cc1noc(C)c1S(=O)(=O)N1CC(N(CCc2noc(C3CC3)n2)S(C)(=O)=O)C1. The number of hydrogen-bond donors (Lipinski definition) is 0. The van der Waals surface area contributed by atoms with Crippen LogP contribution in [-0.4, -0.2) is 72.7 Å². The van der Waals surface area contributed by atoms with Gasteiger partial charge in [0.1, 0.15) is 10.6 Å². The summed E-state index contributed by atoms with van der Waals surface area (Å²) < 4.78 is 62.9. The molecule has 1 aliphatic heterocycles. The molecule has 4 rings (SSSR count). The van der Waals surface area contributed by atoms with Crippen LogP contribution in [0.1, 0.15) is 41.9 Å². The number of aryl methyl sites for hydroxylation is 2. The lowest BCUT2D eigenvalue weighted by Gasteiger charge is -2.43. The van der Waals surface area contributed by atoms with E-state index < -0.39 is 26.1 Å². The van der Waals surface area contributed by atoms with Crippen molar-refractivity contribution in [2.75, 3.05) is 25.9 Å². The van der Waals surface area contributed by atoms with Crippen molar-refractivity contribution >= 4 is 20.0 Å². The first-order valence-corrected chi connectivity index (χ1v) is 12.6. The second-order valence-corrected chi connectivity index (χ2v) is 11.4. The first-order chi connectivity index (χ1) is 13.6. The van der Waals surface area contributed by atoms with E-state index >= 15 is 0 Å². The van der Waals surface area contributed by atoms with Crippen molar-refractivity contribution in [2.24, 2.45) is 0 Å². The molecule has 1 saturated heterocycles. The zero-order chi connectivity index (χ0) is 21.0. The van der Waals surface area contributed by atoms with Crippen LogP contribution in [0.4, 0.5) is 0 Å². The van der Waals surface area contributed by atoms with Crippen LogP contribution in [0.25, 0.3) is 0 Å². The first kappa shape index (κ1) is 20.4. The van der Waals surface area contributed by atoms with Crippen molar-refractivity contribution in [3.05, 3.63) is 23.2 Å². The summed E-state index contributed by atoms with van der Waals surface area (Å²) in [5.74, 6) is 1.61. The van der Waals surface area contributed by atoms with Crippen LogP contribution in [0, 0.1) is 13.8 Å². The fraction of sp³-hybridized carbons (Fsp3) is 0.688.